The van der Waals surface area contributed by atoms with Crippen LogP contribution in [0.2, 0.25) is 5.02 Å². The molecular weight excluding hydrogens is 459 g/mol. The van der Waals surface area contributed by atoms with Crippen molar-refractivity contribution in [1.29, 1.82) is 0 Å². The van der Waals surface area contributed by atoms with Crippen LogP contribution in [0.1, 0.15) is 24.2 Å². The molecule has 5 rings (SSSR count). The number of nitrogens with zero attached hydrogens (tertiary/aromatic N) is 2. The third-order valence-electron chi connectivity index (χ3n) is 5.74. The predicted octanol–water partition coefficient (Wildman–Crippen LogP) is 6.18. The maximum Gasteiger partial charge on any atom is 0.219 e. The number of pyridine rings is 1. The number of aromatic nitrogens is 3. The van der Waals surface area contributed by atoms with Crippen molar-refractivity contribution < 1.29 is 9.13 Å². The average Bonchev–Trinajstić information content (AvgIpc) is 3.39. The van der Waals surface area contributed by atoms with Gasteiger partial charge in [-0.3, -0.25) is 10.4 Å². The maximum absolute atomic E-state index is 13.2. The van der Waals surface area contributed by atoms with Crippen LogP contribution in [0, 0.1) is 5.82 Å². The molecule has 2 N–H and O–H groups in total. The Balaban J connectivity index is 1.39. The molecule has 0 bridgehead atoms. The van der Waals surface area contributed by atoms with Gasteiger partial charge in [0.2, 0.25) is 5.88 Å². The van der Waals surface area contributed by atoms with E-state index in [1.165, 1.54) is 12.1 Å². The molecule has 2 aromatic heterocycles. The van der Waals surface area contributed by atoms with E-state index in [2.05, 4.69) is 21.6 Å². The molecule has 2 atom stereocenters. The van der Waals surface area contributed by atoms with Crippen molar-refractivity contribution in [3.63, 3.8) is 0 Å². The molecule has 1 saturated heterocycles. The van der Waals surface area contributed by atoms with Gasteiger partial charge in [-0.05, 0) is 61.4 Å². The van der Waals surface area contributed by atoms with Crippen LogP contribution in [-0.4, -0.2) is 27.0 Å². The van der Waals surface area contributed by atoms with E-state index in [4.69, 9.17) is 21.3 Å². The zero-order valence-corrected chi connectivity index (χ0v) is 19.2. The number of nitrogens with one attached hydrogen (secondary N) is 2. The van der Waals surface area contributed by atoms with Crippen LogP contribution in [0.25, 0.3) is 0 Å². The first-order valence-corrected chi connectivity index (χ1v) is 12.0. The van der Waals surface area contributed by atoms with E-state index in [9.17, 15) is 4.39 Å². The Kier molecular flexibility index (Phi) is 6.35. The van der Waals surface area contributed by atoms with Gasteiger partial charge in [-0.25, -0.2) is 9.37 Å². The van der Waals surface area contributed by atoms with Gasteiger partial charge < -0.3 is 4.74 Å². The van der Waals surface area contributed by atoms with Crippen LogP contribution < -0.4 is 10.1 Å². The fraction of sp³-hybridized carbons (Fsp3) is 0.200. The van der Waals surface area contributed by atoms with Gasteiger partial charge in [-0.2, -0.15) is 5.10 Å². The topological polar surface area (TPSA) is 62.8 Å². The normalized spacial score (nSPS) is 20.5. The van der Waals surface area contributed by atoms with Crippen LogP contribution in [-0.2, 0) is 5.54 Å². The first-order valence-electron chi connectivity index (χ1n) is 10.7. The number of hydrogen-bond acceptors (Lipinski definition) is 5. The largest absolute Gasteiger partial charge is 0.439 e. The first-order chi connectivity index (χ1) is 16.1. The zero-order valence-electron chi connectivity index (χ0n) is 17.7. The SMILES string of the molecule is Fc1ccc(Oc2cccc(C3(c4cc[nH]n4)CCC(Sc4ccccc4Cl)CN3)n2)cc1. The number of ether oxygens (including phenoxy) is 1. The lowest BCUT2D eigenvalue weighted by molar-refractivity contribution is 0.298. The number of benzene rings is 2. The van der Waals surface area contributed by atoms with Crippen LogP contribution in [0.15, 0.2) is 83.9 Å². The Hall–Kier alpha value is -2.87. The highest BCUT2D eigenvalue weighted by Gasteiger charge is 2.41. The van der Waals surface area contributed by atoms with E-state index in [1.807, 2.05) is 42.6 Å². The summed E-state index contributed by atoms with van der Waals surface area (Å²) in [6.07, 6.45) is 3.59. The molecule has 0 saturated carbocycles. The van der Waals surface area contributed by atoms with Crippen LogP contribution in [0.5, 0.6) is 11.6 Å². The summed E-state index contributed by atoms with van der Waals surface area (Å²) in [7, 11) is 0. The Morgan fingerprint density at radius 3 is 2.58 bits per heavy atom. The monoisotopic (exact) mass is 480 g/mol. The lowest BCUT2D eigenvalue weighted by Crippen LogP contribution is -2.51. The third kappa shape index (κ3) is 4.76. The highest BCUT2D eigenvalue weighted by molar-refractivity contribution is 8.00. The fourth-order valence-corrected chi connectivity index (χ4v) is 5.44. The highest BCUT2D eigenvalue weighted by Crippen LogP contribution is 2.41. The maximum atomic E-state index is 13.2. The third-order valence-corrected chi connectivity index (χ3v) is 7.53. The molecular formula is C25H22ClFN4OS. The van der Waals surface area contributed by atoms with Crippen molar-refractivity contribution >= 4 is 23.4 Å². The molecule has 1 aliphatic heterocycles. The van der Waals surface area contributed by atoms with Crippen molar-refractivity contribution in [2.45, 2.75) is 28.5 Å². The van der Waals surface area contributed by atoms with Gasteiger partial charge in [0.1, 0.15) is 17.1 Å². The fourth-order valence-electron chi connectivity index (χ4n) is 4.08. The molecule has 4 aromatic rings. The average molecular weight is 481 g/mol. The van der Waals surface area contributed by atoms with Crippen molar-refractivity contribution in [3.05, 3.63) is 101 Å². The smallest absolute Gasteiger partial charge is 0.219 e. The lowest BCUT2D eigenvalue weighted by Gasteiger charge is -2.39. The Labute approximate surface area is 200 Å². The summed E-state index contributed by atoms with van der Waals surface area (Å²) < 4.78 is 19.1. The summed E-state index contributed by atoms with van der Waals surface area (Å²) in [4.78, 5) is 5.89. The molecule has 1 aliphatic rings. The Morgan fingerprint density at radius 2 is 1.85 bits per heavy atom. The molecule has 33 heavy (non-hydrogen) atoms. The number of halogens is 2. The summed E-state index contributed by atoms with van der Waals surface area (Å²) in [5.41, 5.74) is 1.17. The van der Waals surface area contributed by atoms with Crippen molar-refractivity contribution in [2.24, 2.45) is 0 Å². The van der Waals surface area contributed by atoms with E-state index in [0.29, 0.717) is 16.9 Å². The van der Waals surface area contributed by atoms with Gasteiger partial charge in [-0.15, -0.1) is 11.8 Å². The second-order valence-corrected chi connectivity index (χ2v) is 9.62. The first kappa shape index (κ1) is 21.9. The number of hydrogen-bond donors (Lipinski definition) is 2. The zero-order chi connectivity index (χ0) is 22.7. The molecule has 0 aliphatic carbocycles. The van der Waals surface area contributed by atoms with Gasteiger partial charge in [0.15, 0.2) is 0 Å². The Bertz CT molecular complexity index is 1210. The van der Waals surface area contributed by atoms with E-state index in [0.717, 1.165) is 40.7 Å². The van der Waals surface area contributed by atoms with E-state index in [-0.39, 0.29) is 5.82 Å². The van der Waals surface area contributed by atoms with Gasteiger partial charge in [0.25, 0.3) is 0 Å². The second-order valence-electron chi connectivity index (χ2n) is 7.87. The summed E-state index contributed by atoms with van der Waals surface area (Å²) in [5.74, 6) is 0.670. The molecule has 1 fully saturated rings. The molecule has 2 aromatic carbocycles. The molecule has 168 valence electrons. The second kappa shape index (κ2) is 9.55. The molecule has 0 amide bonds. The summed E-state index contributed by atoms with van der Waals surface area (Å²) >= 11 is 8.16. The van der Waals surface area contributed by atoms with E-state index in [1.54, 1.807) is 30.0 Å². The minimum absolute atomic E-state index is 0.308. The quantitative estimate of drug-likeness (QED) is 0.345. The van der Waals surface area contributed by atoms with Gasteiger partial charge in [0, 0.05) is 29.0 Å². The number of rotatable bonds is 6. The van der Waals surface area contributed by atoms with Gasteiger partial charge in [-0.1, -0.05) is 29.8 Å². The van der Waals surface area contributed by atoms with E-state index >= 15 is 0 Å². The molecule has 0 spiro atoms. The number of piperidine rings is 1. The van der Waals surface area contributed by atoms with Crippen LogP contribution >= 0.6 is 23.4 Å². The molecule has 5 nitrogen and oxygen atoms in total. The molecule has 0 radical (unpaired) electrons. The van der Waals surface area contributed by atoms with Gasteiger partial charge >= 0.3 is 0 Å². The van der Waals surface area contributed by atoms with E-state index < -0.39 is 5.54 Å². The van der Waals surface area contributed by atoms with Gasteiger partial charge in [0.05, 0.1) is 16.4 Å². The van der Waals surface area contributed by atoms with Crippen molar-refractivity contribution in [1.82, 2.24) is 20.5 Å². The van der Waals surface area contributed by atoms with Crippen LogP contribution in [0.3, 0.4) is 0 Å². The summed E-state index contributed by atoms with van der Waals surface area (Å²) in [6, 6.07) is 21.5. The number of thioether (sulfide) groups is 1. The molecule has 8 heteroatoms. The van der Waals surface area contributed by atoms with Crippen LogP contribution in [0.4, 0.5) is 4.39 Å². The Morgan fingerprint density at radius 1 is 1.00 bits per heavy atom. The molecule has 3 heterocycles. The van der Waals surface area contributed by atoms with Crippen molar-refractivity contribution in [2.75, 3.05) is 6.54 Å². The minimum atomic E-state index is -0.542. The minimum Gasteiger partial charge on any atom is -0.439 e. The summed E-state index contributed by atoms with van der Waals surface area (Å²) in [5, 5.41) is 12.3. The van der Waals surface area contributed by atoms with Crippen molar-refractivity contribution in [3.8, 4) is 11.6 Å². The number of H-pyrrole nitrogens is 1. The molecule has 2 unspecified atom stereocenters. The highest BCUT2D eigenvalue weighted by atomic mass is 35.5. The lowest BCUT2D eigenvalue weighted by atomic mass is 9.82. The summed E-state index contributed by atoms with van der Waals surface area (Å²) in [6.45, 7) is 0.771. The number of aromatic amines is 1. The standard InChI is InChI=1S/C25H22ClFN4OS/c26-20-4-1-2-5-21(20)33-19-12-14-25(28-16-19,23-13-15-29-31-23)22-6-3-7-24(30-22)32-18-10-8-17(27)9-11-18/h1-11,13,15,19,28H,12,14,16H2,(H,29,31). The predicted molar refractivity (Wildman–Crippen MR) is 128 cm³/mol.